The molecule has 0 aliphatic carbocycles. The summed E-state index contributed by atoms with van der Waals surface area (Å²) in [7, 11) is 0. The highest BCUT2D eigenvalue weighted by atomic mass is 14.2. The summed E-state index contributed by atoms with van der Waals surface area (Å²) in [6.07, 6.45) is 0. The molecule has 0 aliphatic heterocycles. The molecule has 0 aliphatic rings. The SMILES string of the molecule is Cc1ccc(-c2ccc(C)c3ccccc23)c2ccccc12.Cc1ccc(-c2ccc(C)c3ccccc23)c2ccccc12.Cc1ccc(-c2ccc(C)c3ccccc23)cc1.Cc1ccc(-c2ccc(C)c3ccccc23)cc1.Cc1ccc(-c2ccc(C)cc2)cc1.Cc1ccc(-c2ccc(C)cc2C)c(C)c1.Cc1ccc(C)cc1.Cc1ccc2cc(C)ccc2c1. The van der Waals surface area contributed by atoms with E-state index in [9.17, 15) is 0 Å². The summed E-state index contributed by atoms with van der Waals surface area (Å²) in [5.74, 6) is 0. The molecule has 21 rings (SSSR count). The molecule has 0 amide bonds. The summed E-state index contributed by atoms with van der Waals surface area (Å²) in [6.45, 7) is 38.6. The van der Waals surface area contributed by atoms with Crippen LogP contribution in [0, 0.1) is 125 Å². The van der Waals surface area contributed by atoms with E-state index in [2.05, 4.69) is 537 Å². The molecule has 0 heterocycles. The second kappa shape index (κ2) is 42.8. The van der Waals surface area contributed by atoms with Crippen molar-refractivity contribution in [2.75, 3.05) is 0 Å². The Morgan fingerprint density at radius 2 is 0.262 bits per heavy atom. The van der Waals surface area contributed by atoms with Gasteiger partial charge in [-0.15, -0.1) is 0 Å². The van der Waals surface area contributed by atoms with Crippen molar-refractivity contribution in [3.05, 3.63) is 513 Å². The van der Waals surface area contributed by atoms with E-state index in [1.165, 1.54) is 242 Å². The van der Waals surface area contributed by atoms with Crippen LogP contribution in [-0.4, -0.2) is 0 Å². The maximum Gasteiger partial charge on any atom is -0.00990 e. The van der Waals surface area contributed by atoms with Gasteiger partial charge in [-0.1, -0.05) is 468 Å². The molecule has 0 atom stereocenters. The number of hydrogen-bond donors (Lipinski definition) is 0. The molecule has 0 spiro atoms. The van der Waals surface area contributed by atoms with Crippen LogP contribution >= 0.6 is 0 Å². The third-order valence-corrected chi connectivity index (χ3v) is 25.0. The predicted molar refractivity (Wildman–Crippen MR) is 572 cm³/mol. The van der Waals surface area contributed by atoms with E-state index >= 15 is 0 Å². The van der Waals surface area contributed by atoms with Crippen LogP contribution in [-0.2, 0) is 0 Å². The summed E-state index contributed by atoms with van der Waals surface area (Å²) in [5.41, 5.74) is 39.6. The van der Waals surface area contributed by atoms with Crippen molar-refractivity contribution in [2.24, 2.45) is 0 Å². The lowest BCUT2D eigenvalue weighted by Gasteiger charge is -2.13. The van der Waals surface area contributed by atoms with Gasteiger partial charge in [0.2, 0.25) is 0 Å². The first-order chi connectivity index (χ1) is 62.9. The molecular weight excluding hydrogens is 1560 g/mol. The molecule has 642 valence electrons. The van der Waals surface area contributed by atoms with Crippen LogP contribution in [0.5, 0.6) is 0 Å². The van der Waals surface area contributed by atoms with Crippen molar-refractivity contribution in [2.45, 2.75) is 125 Å². The smallest absolute Gasteiger partial charge is 0.00990 e. The first-order valence-corrected chi connectivity index (χ1v) is 45.7. The summed E-state index contributed by atoms with van der Waals surface area (Å²) >= 11 is 0. The first kappa shape index (κ1) is 91.6. The molecule has 21 aromatic rings. The molecule has 21 aromatic carbocycles. The van der Waals surface area contributed by atoms with Gasteiger partial charge in [0.15, 0.2) is 0 Å². The average Bonchev–Trinajstić information content (AvgIpc) is 0.766. The lowest BCUT2D eigenvalue weighted by atomic mass is 9.91. The molecule has 0 unspecified atom stereocenters. The van der Waals surface area contributed by atoms with Crippen LogP contribution in [0.15, 0.2) is 413 Å². The number of rotatable bonds is 6. The Balaban J connectivity index is 0.000000121. The summed E-state index contributed by atoms with van der Waals surface area (Å²) < 4.78 is 0. The average molecular weight is 1680 g/mol. The summed E-state index contributed by atoms with van der Waals surface area (Å²) in [4.78, 5) is 0. The molecule has 0 N–H and O–H groups in total. The Hall–Kier alpha value is -14.6. The number of hydrogen-bond acceptors (Lipinski definition) is 0. The maximum atomic E-state index is 2.26. The van der Waals surface area contributed by atoms with Gasteiger partial charge in [-0.3, -0.25) is 0 Å². The van der Waals surface area contributed by atoms with Crippen LogP contribution in [0.25, 0.3) is 142 Å². The molecule has 0 nitrogen and oxygen atoms in total. The van der Waals surface area contributed by atoms with E-state index in [4.69, 9.17) is 0 Å². The van der Waals surface area contributed by atoms with Gasteiger partial charge in [0.25, 0.3) is 0 Å². The van der Waals surface area contributed by atoms with Gasteiger partial charge in [0, 0.05) is 0 Å². The number of benzene rings is 21. The fourth-order valence-corrected chi connectivity index (χ4v) is 17.5. The van der Waals surface area contributed by atoms with E-state index in [1.54, 1.807) is 0 Å². The second-order valence-corrected chi connectivity index (χ2v) is 35.5. The van der Waals surface area contributed by atoms with E-state index in [-0.39, 0.29) is 0 Å². The highest BCUT2D eigenvalue weighted by Gasteiger charge is 2.15. The van der Waals surface area contributed by atoms with Gasteiger partial charge in [0.1, 0.15) is 0 Å². The van der Waals surface area contributed by atoms with E-state index in [0.29, 0.717) is 0 Å². The van der Waals surface area contributed by atoms with Gasteiger partial charge in [-0.2, -0.15) is 0 Å². The monoisotopic (exact) mass is 1680 g/mol. The predicted octanol–water partition coefficient (Wildman–Crippen LogP) is 37.1. The first-order valence-electron chi connectivity index (χ1n) is 45.7. The zero-order valence-corrected chi connectivity index (χ0v) is 79.3. The fraction of sp³-hybridized carbons (Fsp3) is 0.138. The quantitative estimate of drug-likeness (QED) is 0.156. The Morgan fingerprint density at radius 3 is 0.485 bits per heavy atom. The Kier molecular flexibility index (Phi) is 30.2. The lowest BCUT2D eigenvalue weighted by Crippen LogP contribution is -1.88. The van der Waals surface area contributed by atoms with Gasteiger partial charge >= 0.3 is 0 Å². The van der Waals surface area contributed by atoms with Crippen LogP contribution < -0.4 is 0 Å². The minimum absolute atomic E-state index is 1.29. The highest BCUT2D eigenvalue weighted by molar-refractivity contribution is 6.09. The van der Waals surface area contributed by atoms with E-state index in [0.717, 1.165) is 0 Å². The standard InChI is InChI=1S/2C22H18.2C18H16.C16H18.C14H14.C12H12.C8H10/c2*1-15-11-13-21(19-9-5-3-7-17(15)19)22-14-12-16(2)18-8-4-6-10-20(18)22;2*1-13-7-10-15(11-8-13)17-12-9-14(2)16-5-3-4-6-18(16)17;1-11-5-7-15(13(3)9-11)16-8-6-12(2)10-14(16)4;1-11-3-7-13(8-4-11)14-9-5-12(2)6-10-14;1-9-3-5-12-8-10(2)4-6-11(12)7-9;1-7-3-5-8(2)6-4-7/h2*3-14H,1-2H3;2*3-12H,1-2H3;5-10H,1-4H3;3-10H,1-2H3;3-8H,1-2H3;3-6H,1-2H3. The van der Waals surface area contributed by atoms with Crippen molar-refractivity contribution in [3.63, 3.8) is 0 Å². The largest absolute Gasteiger partial charge is 0.0616 e. The molecule has 130 heavy (non-hydrogen) atoms. The van der Waals surface area contributed by atoms with Crippen LogP contribution in [0.2, 0.25) is 0 Å². The number of aryl methyl sites for hydroxylation is 18. The molecule has 0 saturated heterocycles. The van der Waals surface area contributed by atoms with Gasteiger partial charge in [-0.05, 0) is 311 Å². The minimum atomic E-state index is 1.29. The zero-order valence-electron chi connectivity index (χ0n) is 79.3. The van der Waals surface area contributed by atoms with Crippen molar-refractivity contribution in [1.82, 2.24) is 0 Å². The minimum Gasteiger partial charge on any atom is -0.0616 e. The summed E-state index contributed by atoms with van der Waals surface area (Å²) in [5, 5.41) is 18.7. The molecule has 0 radical (unpaired) electrons. The molecule has 0 saturated carbocycles. The molecule has 0 aromatic heterocycles. The Bertz CT molecular complexity index is 6870. The maximum absolute atomic E-state index is 2.26. The van der Waals surface area contributed by atoms with Crippen molar-refractivity contribution in [3.8, 4) is 66.8 Å². The Labute approximate surface area is 774 Å². The fourth-order valence-electron chi connectivity index (χ4n) is 17.5. The Morgan fingerprint density at radius 1 is 0.100 bits per heavy atom. The van der Waals surface area contributed by atoms with E-state index < -0.39 is 0 Å². The van der Waals surface area contributed by atoms with Crippen molar-refractivity contribution < 1.29 is 0 Å². The van der Waals surface area contributed by atoms with E-state index in [1.807, 2.05) is 0 Å². The normalized spacial score (nSPS) is 10.7. The molecule has 0 heteroatoms. The molecular formula is C130H122. The molecule has 0 fully saturated rings. The highest BCUT2D eigenvalue weighted by Crippen LogP contribution is 2.40. The van der Waals surface area contributed by atoms with Crippen LogP contribution in [0.4, 0.5) is 0 Å². The second-order valence-electron chi connectivity index (χ2n) is 35.5. The third-order valence-electron chi connectivity index (χ3n) is 25.0. The third kappa shape index (κ3) is 22.7. The van der Waals surface area contributed by atoms with Gasteiger partial charge in [-0.25, -0.2) is 0 Å². The molecule has 0 bridgehead atoms. The number of fused-ring (bicyclic) bond motifs is 7. The van der Waals surface area contributed by atoms with Crippen molar-refractivity contribution >= 4 is 75.4 Å². The van der Waals surface area contributed by atoms with Crippen LogP contribution in [0.3, 0.4) is 0 Å². The van der Waals surface area contributed by atoms with Crippen LogP contribution in [0.1, 0.15) is 100 Å². The zero-order chi connectivity index (χ0) is 91.5. The summed E-state index contributed by atoms with van der Waals surface area (Å²) in [6, 6.07) is 148. The van der Waals surface area contributed by atoms with Crippen molar-refractivity contribution in [1.29, 1.82) is 0 Å². The topological polar surface area (TPSA) is 0 Å². The lowest BCUT2D eigenvalue weighted by molar-refractivity contribution is 1.34. The van der Waals surface area contributed by atoms with Gasteiger partial charge in [0.05, 0.1) is 0 Å². The van der Waals surface area contributed by atoms with Gasteiger partial charge < -0.3 is 0 Å².